The quantitative estimate of drug-likeness (QED) is 0.482. The minimum atomic E-state index is -0.259. The van der Waals surface area contributed by atoms with E-state index in [4.69, 9.17) is 4.74 Å². The van der Waals surface area contributed by atoms with Crippen molar-refractivity contribution in [1.82, 2.24) is 9.55 Å². The Bertz CT molecular complexity index is 1220. The van der Waals surface area contributed by atoms with Gasteiger partial charge in [-0.25, -0.2) is 9.78 Å². The average molecular weight is 457 g/mol. The van der Waals surface area contributed by atoms with Crippen LogP contribution in [0.25, 0.3) is 11.0 Å². The molecule has 1 fully saturated rings. The van der Waals surface area contributed by atoms with Crippen molar-refractivity contribution in [3.63, 3.8) is 0 Å². The van der Waals surface area contributed by atoms with Crippen molar-refractivity contribution >= 4 is 22.8 Å². The van der Waals surface area contributed by atoms with Gasteiger partial charge >= 0.3 is 6.09 Å². The molecule has 0 spiro atoms. The SMILES string of the molecule is COC(=O)N(CC1CCCC(Cn2cnc3ccc(C#N)cc32)C1)c1cccc2c1CCCC2. The molecule has 6 heteroatoms. The van der Waals surface area contributed by atoms with Gasteiger partial charge in [0.15, 0.2) is 0 Å². The highest BCUT2D eigenvalue weighted by molar-refractivity contribution is 5.89. The van der Waals surface area contributed by atoms with Gasteiger partial charge in [-0.3, -0.25) is 4.90 Å². The number of aryl methyl sites for hydroxylation is 1. The Morgan fingerprint density at radius 1 is 1.18 bits per heavy atom. The molecule has 5 rings (SSSR count). The number of hydrogen-bond acceptors (Lipinski definition) is 4. The minimum absolute atomic E-state index is 0.259. The van der Waals surface area contributed by atoms with Gasteiger partial charge in [0.25, 0.3) is 0 Å². The van der Waals surface area contributed by atoms with Crippen LogP contribution in [0.5, 0.6) is 0 Å². The zero-order valence-corrected chi connectivity index (χ0v) is 19.9. The van der Waals surface area contributed by atoms with Crippen LogP contribution in [0.3, 0.4) is 0 Å². The lowest BCUT2D eigenvalue weighted by atomic mass is 9.80. The molecule has 2 unspecified atom stereocenters. The van der Waals surface area contributed by atoms with Gasteiger partial charge in [-0.2, -0.15) is 5.26 Å². The molecule has 2 aliphatic rings. The summed E-state index contributed by atoms with van der Waals surface area (Å²) in [5, 5.41) is 9.28. The van der Waals surface area contributed by atoms with Gasteiger partial charge in [0.2, 0.25) is 0 Å². The molecule has 0 bridgehead atoms. The number of fused-ring (bicyclic) bond motifs is 2. The molecular weight excluding hydrogens is 424 g/mol. The van der Waals surface area contributed by atoms with E-state index < -0.39 is 0 Å². The molecule has 2 aromatic carbocycles. The molecule has 6 nitrogen and oxygen atoms in total. The number of methoxy groups -OCH3 is 1. The smallest absolute Gasteiger partial charge is 0.414 e. The Labute approximate surface area is 201 Å². The van der Waals surface area contributed by atoms with Crippen molar-refractivity contribution in [3.05, 3.63) is 59.4 Å². The van der Waals surface area contributed by atoms with Crippen molar-refractivity contribution in [1.29, 1.82) is 5.26 Å². The molecule has 1 amide bonds. The summed E-state index contributed by atoms with van der Waals surface area (Å²) in [4.78, 5) is 19.3. The van der Waals surface area contributed by atoms with E-state index in [1.54, 1.807) is 0 Å². The maximum atomic E-state index is 12.9. The van der Waals surface area contributed by atoms with Crippen molar-refractivity contribution < 1.29 is 9.53 Å². The topological polar surface area (TPSA) is 71.2 Å². The normalized spacial score (nSPS) is 19.9. The Morgan fingerprint density at radius 2 is 2.03 bits per heavy atom. The first-order valence-corrected chi connectivity index (χ1v) is 12.5. The first-order valence-electron chi connectivity index (χ1n) is 12.5. The van der Waals surface area contributed by atoms with Gasteiger partial charge in [0.1, 0.15) is 0 Å². The summed E-state index contributed by atoms with van der Waals surface area (Å²) in [6.07, 6.45) is 10.7. The van der Waals surface area contributed by atoms with E-state index in [1.807, 2.05) is 29.4 Å². The number of anilines is 1. The third kappa shape index (κ3) is 4.52. The first kappa shape index (κ1) is 22.5. The van der Waals surface area contributed by atoms with E-state index in [1.165, 1.54) is 37.5 Å². The molecule has 0 aliphatic heterocycles. The lowest BCUT2D eigenvalue weighted by Crippen LogP contribution is -2.38. The van der Waals surface area contributed by atoms with Crippen LogP contribution in [-0.4, -0.2) is 29.3 Å². The predicted molar refractivity (Wildman–Crippen MR) is 133 cm³/mol. The molecule has 176 valence electrons. The maximum absolute atomic E-state index is 12.9. The summed E-state index contributed by atoms with van der Waals surface area (Å²) >= 11 is 0. The van der Waals surface area contributed by atoms with Crippen molar-refractivity contribution in [2.75, 3.05) is 18.6 Å². The molecule has 2 aliphatic carbocycles. The van der Waals surface area contributed by atoms with Crippen LogP contribution < -0.4 is 4.90 Å². The van der Waals surface area contributed by atoms with Crippen molar-refractivity contribution in [3.8, 4) is 6.07 Å². The second-order valence-electron chi connectivity index (χ2n) is 9.81. The molecule has 0 N–H and O–H groups in total. The van der Waals surface area contributed by atoms with Gasteiger partial charge in [-0.15, -0.1) is 0 Å². The number of carbonyl (C=O) groups excluding carboxylic acids is 1. The van der Waals surface area contributed by atoms with Crippen LogP contribution >= 0.6 is 0 Å². The number of nitriles is 1. The van der Waals surface area contributed by atoms with E-state index in [0.29, 0.717) is 23.9 Å². The van der Waals surface area contributed by atoms with Crippen molar-refractivity contribution in [2.45, 2.75) is 57.9 Å². The maximum Gasteiger partial charge on any atom is 0.414 e. The zero-order chi connectivity index (χ0) is 23.5. The number of rotatable bonds is 5. The predicted octanol–water partition coefficient (Wildman–Crippen LogP) is 5.87. The van der Waals surface area contributed by atoms with Gasteiger partial charge in [-0.1, -0.05) is 18.6 Å². The fourth-order valence-corrected chi connectivity index (χ4v) is 5.94. The zero-order valence-electron chi connectivity index (χ0n) is 19.9. The largest absolute Gasteiger partial charge is 0.452 e. The number of nitrogens with zero attached hydrogens (tertiary/aromatic N) is 4. The van der Waals surface area contributed by atoms with Gasteiger partial charge in [0, 0.05) is 13.1 Å². The van der Waals surface area contributed by atoms with Crippen LogP contribution in [0.4, 0.5) is 10.5 Å². The average Bonchev–Trinajstić information content (AvgIpc) is 3.28. The van der Waals surface area contributed by atoms with Crippen LogP contribution in [0.1, 0.15) is 55.2 Å². The molecular formula is C28H32N4O2. The molecule has 1 heterocycles. The molecule has 1 aromatic heterocycles. The monoisotopic (exact) mass is 456 g/mol. The Hall–Kier alpha value is -3.33. The lowest BCUT2D eigenvalue weighted by Gasteiger charge is -2.34. The fourth-order valence-electron chi connectivity index (χ4n) is 5.94. The van der Waals surface area contributed by atoms with Crippen LogP contribution in [0.15, 0.2) is 42.7 Å². The second kappa shape index (κ2) is 9.89. The Kier molecular flexibility index (Phi) is 6.53. The summed E-state index contributed by atoms with van der Waals surface area (Å²) < 4.78 is 7.42. The van der Waals surface area contributed by atoms with Crippen molar-refractivity contribution in [2.24, 2.45) is 11.8 Å². The van der Waals surface area contributed by atoms with E-state index in [2.05, 4.69) is 33.8 Å². The molecule has 0 saturated heterocycles. The number of hydrogen-bond donors (Lipinski definition) is 0. The van der Waals surface area contributed by atoms with Crippen LogP contribution in [0.2, 0.25) is 0 Å². The number of amides is 1. The number of aromatic nitrogens is 2. The minimum Gasteiger partial charge on any atom is -0.452 e. The third-order valence-electron chi connectivity index (χ3n) is 7.59. The van der Waals surface area contributed by atoms with Gasteiger partial charge in [0.05, 0.1) is 41.8 Å². The third-order valence-corrected chi connectivity index (χ3v) is 7.59. The van der Waals surface area contributed by atoms with E-state index in [0.717, 1.165) is 55.4 Å². The number of carbonyl (C=O) groups is 1. The fraction of sp³-hybridized carbons (Fsp3) is 0.464. The Balaban J connectivity index is 1.33. The molecule has 34 heavy (non-hydrogen) atoms. The number of imidazole rings is 1. The van der Waals surface area contributed by atoms with Gasteiger partial charge in [-0.05, 0) is 92.2 Å². The lowest BCUT2D eigenvalue weighted by molar-refractivity contribution is 0.174. The van der Waals surface area contributed by atoms with E-state index in [-0.39, 0.29) is 6.09 Å². The molecule has 3 aromatic rings. The van der Waals surface area contributed by atoms with E-state index in [9.17, 15) is 10.1 Å². The highest BCUT2D eigenvalue weighted by atomic mass is 16.5. The van der Waals surface area contributed by atoms with E-state index >= 15 is 0 Å². The Morgan fingerprint density at radius 3 is 2.88 bits per heavy atom. The summed E-state index contributed by atoms with van der Waals surface area (Å²) in [5.74, 6) is 0.952. The van der Waals surface area contributed by atoms with Crippen LogP contribution in [-0.2, 0) is 24.1 Å². The molecule has 2 atom stereocenters. The van der Waals surface area contributed by atoms with Crippen LogP contribution in [0, 0.1) is 23.2 Å². The number of ether oxygens (including phenoxy) is 1. The summed E-state index contributed by atoms with van der Waals surface area (Å²) in [5.41, 5.74) is 6.35. The summed E-state index contributed by atoms with van der Waals surface area (Å²) in [6.45, 7) is 1.59. The standard InChI is InChI=1S/C28H32N4O2/c1-34-28(33)32(26-11-5-9-23-8-2-3-10-24(23)26)18-22-7-4-6-21(14-22)17-31-19-30-25-13-12-20(16-29)15-27(25)31/h5,9,11-13,15,19,21-22H,2-4,6-8,10,14,17-18H2,1H3. The summed E-state index contributed by atoms with van der Waals surface area (Å²) in [6, 6.07) is 14.3. The molecule has 0 radical (unpaired) electrons. The van der Waals surface area contributed by atoms with Gasteiger partial charge < -0.3 is 9.30 Å². The first-order chi connectivity index (χ1) is 16.7. The highest BCUT2D eigenvalue weighted by Gasteiger charge is 2.29. The second-order valence-corrected chi connectivity index (χ2v) is 9.81. The summed E-state index contributed by atoms with van der Waals surface area (Å²) in [7, 11) is 1.48. The molecule has 1 saturated carbocycles. The number of benzene rings is 2. The highest BCUT2D eigenvalue weighted by Crippen LogP contribution is 2.35.